The van der Waals surface area contributed by atoms with Crippen molar-refractivity contribution in [2.45, 2.75) is 19.8 Å². The largest absolute Gasteiger partial charge is 0.383 e. The second kappa shape index (κ2) is 5.97. The summed E-state index contributed by atoms with van der Waals surface area (Å²) in [7, 11) is 0. The summed E-state index contributed by atoms with van der Waals surface area (Å²) in [6.07, 6.45) is 1.97. The fourth-order valence-corrected chi connectivity index (χ4v) is 2.42. The van der Waals surface area contributed by atoms with Crippen molar-refractivity contribution in [1.29, 1.82) is 0 Å². The number of nitrogen functional groups attached to an aromatic ring is 1. The number of hydrogen-bond acceptors (Lipinski definition) is 3. The van der Waals surface area contributed by atoms with E-state index in [1.165, 1.54) is 0 Å². The van der Waals surface area contributed by atoms with Crippen LogP contribution in [0.1, 0.15) is 19.0 Å². The fourth-order valence-electron chi connectivity index (χ4n) is 1.64. The second-order valence-electron chi connectivity index (χ2n) is 3.95. The Labute approximate surface area is 128 Å². The van der Waals surface area contributed by atoms with Gasteiger partial charge < -0.3 is 5.73 Å². The van der Waals surface area contributed by atoms with Crippen LogP contribution in [0.25, 0.3) is 11.4 Å². The average molecular weight is 418 g/mol. The number of aryl methyl sites for hydroxylation is 1. The molecular weight excluding hydrogens is 405 g/mol. The summed E-state index contributed by atoms with van der Waals surface area (Å²) in [4.78, 5) is 8.97. The molecule has 94 valence electrons. The van der Waals surface area contributed by atoms with Crippen molar-refractivity contribution < 1.29 is 0 Å². The van der Waals surface area contributed by atoms with Gasteiger partial charge in [-0.3, -0.25) is 0 Å². The molecule has 0 unspecified atom stereocenters. The molecule has 3 nitrogen and oxygen atoms in total. The molecule has 0 aliphatic heterocycles. The standard InChI is InChI=1S/C13H13BrIN3/c1-2-3-10-11(15)12(16)18-13(17-10)8-4-6-9(14)7-5-8/h4-7H,2-3H2,1H3,(H2,16,17,18). The monoisotopic (exact) mass is 417 g/mol. The number of halogens is 2. The first-order valence-corrected chi connectivity index (χ1v) is 7.56. The minimum absolute atomic E-state index is 0.562. The van der Waals surface area contributed by atoms with Crippen LogP contribution in [0.4, 0.5) is 5.82 Å². The van der Waals surface area contributed by atoms with Crippen LogP contribution in [-0.2, 0) is 6.42 Å². The molecule has 1 heterocycles. The Bertz CT molecular complexity index is 555. The maximum absolute atomic E-state index is 5.95. The second-order valence-corrected chi connectivity index (χ2v) is 5.94. The summed E-state index contributed by atoms with van der Waals surface area (Å²) >= 11 is 5.63. The Morgan fingerprint density at radius 3 is 2.50 bits per heavy atom. The van der Waals surface area contributed by atoms with Crippen molar-refractivity contribution in [2.75, 3.05) is 5.73 Å². The Hall–Kier alpha value is -0.690. The molecule has 0 spiro atoms. The fraction of sp³-hybridized carbons (Fsp3) is 0.231. The van der Waals surface area contributed by atoms with Crippen molar-refractivity contribution >= 4 is 44.3 Å². The van der Waals surface area contributed by atoms with Crippen LogP contribution in [-0.4, -0.2) is 9.97 Å². The topological polar surface area (TPSA) is 51.8 Å². The van der Waals surface area contributed by atoms with E-state index in [1.54, 1.807) is 0 Å². The highest BCUT2D eigenvalue weighted by Gasteiger charge is 2.10. The highest BCUT2D eigenvalue weighted by Crippen LogP contribution is 2.24. The van der Waals surface area contributed by atoms with E-state index in [2.05, 4.69) is 55.4 Å². The summed E-state index contributed by atoms with van der Waals surface area (Å²) in [5.74, 6) is 1.26. The first-order chi connectivity index (χ1) is 8.61. The van der Waals surface area contributed by atoms with Gasteiger partial charge in [-0.15, -0.1) is 0 Å². The van der Waals surface area contributed by atoms with Gasteiger partial charge in [-0.05, 0) is 41.1 Å². The number of anilines is 1. The zero-order chi connectivity index (χ0) is 13.1. The van der Waals surface area contributed by atoms with Gasteiger partial charge in [0.25, 0.3) is 0 Å². The molecule has 1 aromatic carbocycles. The lowest BCUT2D eigenvalue weighted by molar-refractivity contribution is 0.869. The number of benzene rings is 1. The van der Waals surface area contributed by atoms with Gasteiger partial charge in [0.1, 0.15) is 5.82 Å². The normalized spacial score (nSPS) is 10.6. The molecule has 0 aliphatic rings. The molecule has 18 heavy (non-hydrogen) atoms. The number of nitrogens with zero attached hydrogens (tertiary/aromatic N) is 2. The van der Waals surface area contributed by atoms with E-state index < -0.39 is 0 Å². The molecule has 0 fully saturated rings. The zero-order valence-corrected chi connectivity index (χ0v) is 13.7. The Kier molecular flexibility index (Phi) is 4.55. The molecule has 2 N–H and O–H groups in total. The molecule has 1 aromatic heterocycles. The van der Waals surface area contributed by atoms with Gasteiger partial charge in [0.2, 0.25) is 0 Å². The summed E-state index contributed by atoms with van der Waals surface area (Å²) < 4.78 is 2.01. The predicted molar refractivity (Wildman–Crippen MR) is 86.3 cm³/mol. The van der Waals surface area contributed by atoms with Gasteiger partial charge >= 0.3 is 0 Å². The third kappa shape index (κ3) is 3.00. The lowest BCUT2D eigenvalue weighted by Crippen LogP contribution is -2.04. The van der Waals surface area contributed by atoms with E-state index >= 15 is 0 Å². The molecule has 2 aromatic rings. The molecule has 0 saturated carbocycles. The molecule has 2 rings (SSSR count). The minimum Gasteiger partial charge on any atom is -0.383 e. The van der Waals surface area contributed by atoms with E-state index in [0.29, 0.717) is 11.6 Å². The first kappa shape index (κ1) is 13.7. The van der Waals surface area contributed by atoms with Crippen molar-refractivity contribution in [2.24, 2.45) is 0 Å². The van der Waals surface area contributed by atoms with E-state index in [1.807, 2.05) is 24.3 Å². The molecular formula is C13H13BrIN3. The van der Waals surface area contributed by atoms with Crippen LogP contribution in [0.3, 0.4) is 0 Å². The summed E-state index contributed by atoms with van der Waals surface area (Å²) in [5, 5.41) is 0. The summed E-state index contributed by atoms with van der Waals surface area (Å²) in [6.45, 7) is 2.13. The van der Waals surface area contributed by atoms with Crippen LogP contribution >= 0.6 is 38.5 Å². The van der Waals surface area contributed by atoms with Gasteiger partial charge in [0, 0.05) is 10.0 Å². The van der Waals surface area contributed by atoms with Crippen molar-refractivity contribution in [1.82, 2.24) is 9.97 Å². The quantitative estimate of drug-likeness (QED) is 0.766. The average Bonchev–Trinajstić information content (AvgIpc) is 2.36. The number of rotatable bonds is 3. The zero-order valence-electron chi connectivity index (χ0n) is 9.95. The maximum atomic E-state index is 5.95. The third-order valence-corrected chi connectivity index (χ3v) is 4.24. The van der Waals surface area contributed by atoms with Gasteiger partial charge in [-0.1, -0.05) is 41.4 Å². The number of nitrogens with two attached hydrogens (primary N) is 1. The van der Waals surface area contributed by atoms with Gasteiger partial charge in [0.15, 0.2) is 5.82 Å². The molecule has 0 bridgehead atoms. The van der Waals surface area contributed by atoms with Crippen molar-refractivity contribution in [3.05, 3.63) is 38.0 Å². The highest BCUT2D eigenvalue weighted by molar-refractivity contribution is 14.1. The summed E-state index contributed by atoms with van der Waals surface area (Å²) in [6, 6.07) is 7.93. The molecule has 0 amide bonds. The molecule has 0 saturated heterocycles. The van der Waals surface area contributed by atoms with Crippen LogP contribution in [0.5, 0.6) is 0 Å². The van der Waals surface area contributed by atoms with E-state index in [4.69, 9.17) is 5.73 Å². The van der Waals surface area contributed by atoms with Crippen LogP contribution in [0.2, 0.25) is 0 Å². The Morgan fingerprint density at radius 2 is 1.89 bits per heavy atom. The van der Waals surface area contributed by atoms with E-state index in [-0.39, 0.29) is 0 Å². The Balaban J connectivity index is 2.48. The van der Waals surface area contributed by atoms with Gasteiger partial charge in [-0.2, -0.15) is 0 Å². The lowest BCUT2D eigenvalue weighted by Gasteiger charge is -2.08. The predicted octanol–water partition coefficient (Wildman–Crippen LogP) is 4.05. The molecule has 0 radical (unpaired) electrons. The highest BCUT2D eigenvalue weighted by atomic mass is 127. The van der Waals surface area contributed by atoms with Crippen LogP contribution < -0.4 is 5.73 Å². The Morgan fingerprint density at radius 1 is 1.22 bits per heavy atom. The lowest BCUT2D eigenvalue weighted by atomic mass is 10.2. The first-order valence-electron chi connectivity index (χ1n) is 5.69. The smallest absolute Gasteiger partial charge is 0.161 e. The number of aromatic nitrogens is 2. The number of hydrogen-bond donors (Lipinski definition) is 1. The maximum Gasteiger partial charge on any atom is 0.161 e. The van der Waals surface area contributed by atoms with Gasteiger partial charge in [0.05, 0.1) is 9.26 Å². The minimum atomic E-state index is 0.562. The third-order valence-electron chi connectivity index (χ3n) is 2.53. The molecule has 5 heteroatoms. The molecule has 0 aliphatic carbocycles. The van der Waals surface area contributed by atoms with Crippen molar-refractivity contribution in [3.8, 4) is 11.4 Å². The van der Waals surface area contributed by atoms with Gasteiger partial charge in [-0.25, -0.2) is 9.97 Å². The van der Waals surface area contributed by atoms with E-state index in [9.17, 15) is 0 Å². The summed E-state index contributed by atoms with van der Waals surface area (Å²) in [5.41, 5.74) is 7.97. The SMILES string of the molecule is CCCc1nc(-c2ccc(Br)cc2)nc(N)c1I. The van der Waals surface area contributed by atoms with Crippen LogP contribution in [0, 0.1) is 3.57 Å². The van der Waals surface area contributed by atoms with E-state index in [0.717, 1.165) is 32.1 Å². The van der Waals surface area contributed by atoms with Crippen LogP contribution in [0.15, 0.2) is 28.7 Å². The molecule has 0 atom stereocenters. The van der Waals surface area contributed by atoms with Crippen molar-refractivity contribution in [3.63, 3.8) is 0 Å².